The molecule has 1 aliphatic carbocycles. The van der Waals surface area contributed by atoms with Crippen LogP contribution in [0.2, 0.25) is 25.7 Å². The lowest BCUT2D eigenvalue weighted by Crippen LogP contribution is -2.22. The zero-order valence-electron chi connectivity index (χ0n) is 11.1. The van der Waals surface area contributed by atoms with E-state index in [9.17, 15) is 4.79 Å². The lowest BCUT2D eigenvalue weighted by molar-refractivity contribution is -0.111. The minimum absolute atomic E-state index is 0.173. The summed E-state index contributed by atoms with van der Waals surface area (Å²) in [6.45, 7) is 12.9. The number of hydrogen-bond donors (Lipinski definition) is 0. The fourth-order valence-corrected chi connectivity index (χ4v) is 3.84. The van der Waals surface area contributed by atoms with Crippen molar-refractivity contribution in [1.82, 2.24) is 0 Å². The third kappa shape index (κ3) is 3.74. The van der Waals surface area contributed by atoms with E-state index in [0.717, 1.165) is 30.4 Å². The molecule has 2 heteroatoms. The van der Waals surface area contributed by atoms with Crippen LogP contribution in [0.3, 0.4) is 0 Å². The van der Waals surface area contributed by atoms with Gasteiger partial charge in [-0.25, -0.2) is 0 Å². The Balaban J connectivity index is 2.96. The maximum absolute atomic E-state index is 11.9. The Morgan fingerprint density at radius 2 is 2.12 bits per heavy atom. The van der Waals surface area contributed by atoms with Crippen LogP contribution in [-0.4, -0.2) is 13.9 Å². The highest BCUT2D eigenvalue weighted by atomic mass is 28.3. The number of hydrogen-bond acceptors (Lipinski definition) is 1. The minimum atomic E-state index is -1.22. The molecule has 0 heterocycles. The predicted molar refractivity (Wildman–Crippen MR) is 73.4 cm³/mol. The minimum Gasteiger partial charge on any atom is -0.290 e. The van der Waals surface area contributed by atoms with Crippen LogP contribution in [0.4, 0.5) is 0 Å². The summed E-state index contributed by atoms with van der Waals surface area (Å²) in [6.07, 6.45) is 4.99. The van der Waals surface area contributed by atoms with E-state index in [1.807, 2.05) is 0 Å². The number of carbonyl (C=O) groups excluding carboxylic acids is 1. The molecule has 1 atom stereocenters. The van der Waals surface area contributed by atoms with Crippen LogP contribution >= 0.6 is 0 Å². The van der Waals surface area contributed by atoms with Crippen molar-refractivity contribution < 1.29 is 4.79 Å². The third-order valence-corrected chi connectivity index (χ3v) is 4.56. The van der Waals surface area contributed by atoms with E-state index < -0.39 is 8.07 Å². The topological polar surface area (TPSA) is 17.1 Å². The molecule has 0 radical (unpaired) electrons. The summed E-state index contributed by atoms with van der Waals surface area (Å²) in [6, 6.07) is 1.01. The largest absolute Gasteiger partial charge is 0.290 e. The summed E-state index contributed by atoms with van der Waals surface area (Å²) in [5.41, 5.74) is 2.51. The molecule has 0 aromatic rings. The smallest absolute Gasteiger partial charge is 0.180 e. The summed E-state index contributed by atoms with van der Waals surface area (Å²) >= 11 is 0. The maximum atomic E-state index is 11.9. The van der Waals surface area contributed by atoms with E-state index >= 15 is 0 Å². The lowest BCUT2D eigenvalue weighted by Gasteiger charge is -2.19. The summed E-state index contributed by atoms with van der Waals surface area (Å²) in [5.74, 6) is 0.927. The standard InChI is InChI=1S/C14H24OSi/c1-6-14(15)13(10-16(3,4)5)12-8-7-11(2)9-12/h6,11H,1,7-10H2,2-5H3/b13-12-. The molecule has 0 N–H and O–H groups in total. The van der Waals surface area contributed by atoms with Crippen molar-refractivity contribution >= 4 is 13.9 Å². The first kappa shape index (κ1) is 13.4. The summed E-state index contributed by atoms with van der Waals surface area (Å²) in [7, 11) is -1.22. The van der Waals surface area contributed by atoms with Crippen LogP contribution < -0.4 is 0 Å². The Labute approximate surface area is 101 Å². The Morgan fingerprint density at radius 1 is 1.50 bits per heavy atom. The fourth-order valence-electron chi connectivity index (χ4n) is 2.36. The second kappa shape index (κ2) is 5.13. The lowest BCUT2D eigenvalue weighted by atomic mass is 10.0. The molecule has 16 heavy (non-hydrogen) atoms. The molecule has 1 aliphatic rings. The molecule has 0 aromatic carbocycles. The van der Waals surface area contributed by atoms with Gasteiger partial charge in [0.1, 0.15) is 0 Å². The van der Waals surface area contributed by atoms with Gasteiger partial charge < -0.3 is 0 Å². The molecule has 1 unspecified atom stereocenters. The molecule has 1 saturated carbocycles. The Morgan fingerprint density at radius 3 is 2.50 bits per heavy atom. The number of ketones is 1. The van der Waals surface area contributed by atoms with E-state index in [4.69, 9.17) is 0 Å². The SMILES string of the molecule is C=CC(=O)/C(C[Si](C)(C)C)=C1/CCC(C)C1. The molecule has 1 rings (SSSR count). The van der Waals surface area contributed by atoms with Gasteiger partial charge >= 0.3 is 0 Å². The number of rotatable bonds is 4. The van der Waals surface area contributed by atoms with Gasteiger partial charge in [0.15, 0.2) is 5.78 Å². The molecular formula is C14H24OSi. The van der Waals surface area contributed by atoms with Crippen molar-refractivity contribution in [3.05, 3.63) is 23.8 Å². The van der Waals surface area contributed by atoms with Crippen LogP contribution in [0.25, 0.3) is 0 Å². The molecule has 0 aromatic heterocycles. The first-order valence-corrected chi connectivity index (χ1v) is 9.92. The molecule has 0 saturated heterocycles. The van der Waals surface area contributed by atoms with Gasteiger partial charge in [0.05, 0.1) is 0 Å². The van der Waals surface area contributed by atoms with Crippen molar-refractivity contribution in [3.63, 3.8) is 0 Å². The van der Waals surface area contributed by atoms with Gasteiger partial charge in [-0.05, 0) is 42.9 Å². The molecule has 90 valence electrons. The van der Waals surface area contributed by atoms with Gasteiger partial charge in [-0.2, -0.15) is 0 Å². The molecule has 0 amide bonds. The average Bonchev–Trinajstić information content (AvgIpc) is 2.58. The number of carbonyl (C=O) groups is 1. The van der Waals surface area contributed by atoms with E-state index in [1.165, 1.54) is 18.1 Å². The predicted octanol–water partition coefficient (Wildman–Crippen LogP) is 4.20. The van der Waals surface area contributed by atoms with Crippen LogP contribution in [0.5, 0.6) is 0 Å². The van der Waals surface area contributed by atoms with E-state index in [2.05, 4.69) is 33.1 Å². The van der Waals surface area contributed by atoms with Crippen molar-refractivity contribution in [3.8, 4) is 0 Å². The fraction of sp³-hybridized carbons (Fsp3) is 0.643. The zero-order valence-corrected chi connectivity index (χ0v) is 12.1. The van der Waals surface area contributed by atoms with Crippen LogP contribution in [0, 0.1) is 5.92 Å². The van der Waals surface area contributed by atoms with E-state index in [1.54, 1.807) is 0 Å². The quantitative estimate of drug-likeness (QED) is 0.528. The second-order valence-electron chi connectivity index (χ2n) is 6.24. The summed E-state index contributed by atoms with van der Waals surface area (Å²) < 4.78 is 0. The van der Waals surface area contributed by atoms with Gasteiger partial charge in [0, 0.05) is 8.07 Å². The van der Waals surface area contributed by atoms with Gasteiger partial charge in [-0.15, -0.1) is 0 Å². The Kier molecular flexibility index (Phi) is 4.31. The maximum Gasteiger partial charge on any atom is 0.180 e. The molecule has 0 aliphatic heterocycles. The van der Waals surface area contributed by atoms with E-state index in [-0.39, 0.29) is 5.78 Å². The second-order valence-corrected chi connectivity index (χ2v) is 11.7. The van der Waals surface area contributed by atoms with Crippen LogP contribution in [0.15, 0.2) is 23.8 Å². The van der Waals surface area contributed by atoms with Crippen molar-refractivity contribution in [2.24, 2.45) is 5.92 Å². The summed E-state index contributed by atoms with van der Waals surface area (Å²) in [4.78, 5) is 11.9. The van der Waals surface area contributed by atoms with Crippen LogP contribution in [0.1, 0.15) is 26.2 Å². The summed E-state index contributed by atoms with van der Waals surface area (Å²) in [5, 5.41) is 0. The zero-order chi connectivity index (χ0) is 12.3. The third-order valence-electron chi connectivity index (χ3n) is 3.15. The average molecular weight is 236 g/mol. The normalized spacial score (nSPS) is 24.4. The van der Waals surface area contributed by atoms with Gasteiger partial charge in [-0.1, -0.05) is 38.7 Å². The van der Waals surface area contributed by atoms with Crippen molar-refractivity contribution in [1.29, 1.82) is 0 Å². The van der Waals surface area contributed by atoms with Crippen LogP contribution in [-0.2, 0) is 4.79 Å². The highest BCUT2D eigenvalue weighted by Crippen LogP contribution is 2.35. The number of allylic oxidation sites excluding steroid dienone is 3. The van der Waals surface area contributed by atoms with Gasteiger partial charge in [0.2, 0.25) is 0 Å². The highest BCUT2D eigenvalue weighted by Gasteiger charge is 2.25. The Bertz CT molecular complexity index is 320. The Hall–Kier alpha value is -0.633. The first-order valence-electron chi connectivity index (χ1n) is 6.21. The van der Waals surface area contributed by atoms with Gasteiger partial charge in [0.25, 0.3) is 0 Å². The molecule has 1 fully saturated rings. The van der Waals surface area contributed by atoms with Crippen molar-refractivity contribution in [2.45, 2.75) is 51.9 Å². The molecular weight excluding hydrogens is 212 g/mol. The molecule has 1 nitrogen and oxygen atoms in total. The first-order chi connectivity index (χ1) is 7.33. The van der Waals surface area contributed by atoms with E-state index in [0.29, 0.717) is 0 Å². The monoisotopic (exact) mass is 236 g/mol. The molecule has 0 spiro atoms. The highest BCUT2D eigenvalue weighted by molar-refractivity contribution is 6.77. The van der Waals surface area contributed by atoms with Crippen molar-refractivity contribution in [2.75, 3.05) is 0 Å². The molecule has 0 bridgehead atoms. The van der Waals surface area contributed by atoms with Gasteiger partial charge in [-0.3, -0.25) is 4.79 Å².